The average Bonchev–Trinajstić information content (AvgIpc) is 2.47. The third kappa shape index (κ3) is 3.89. The number of hydrogen-bond donors (Lipinski definition) is 2. The van der Waals surface area contributed by atoms with Crippen molar-refractivity contribution < 1.29 is 4.74 Å². The Labute approximate surface area is 135 Å². The van der Waals surface area contributed by atoms with Gasteiger partial charge in [0.05, 0.1) is 13.2 Å². The Balaban J connectivity index is 2.35. The van der Waals surface area contributed by atoms with Gasteiger partial charge in [-0.2, -0.15) is 0 Å². The van der Waals surface area contributed by atoms with Crippen LogP contribution in [-0.4, -0.2) is 7.11 Å². The number of benzene rings is 2. The summed E-state index contributed by atoms with van der Waals surface area (Å²) in [7, 11) is 1.64. The number of hydrogen-bond acceptors (Lipinski definition) is 3. The van der Waals surface area contributed by atoms with Crippen molar-refractivity contribution in [1.82, 2.24) is 5.43 Å². The molecule has 0 saturated heterocycles. The lowest BCUT2D eigenvalue weighted by atomic mass is 9.95. The van der Waals surface area contributed by atoms with Crippen molar-refractivity contribution in [1.29, 1.82) is 0 Å². The zero-order valence-corrected chi connectivity index (χ0v) is 13.5. The lowest BCUT2D eigenvalue weighted by molar-refractivity contribution is 0.405. The molecular formula is C16H18Cl2N2O. The second kappa shape index (κ2) is 7.14. The van der Waals surface area contributed by atoms with Gasteiger partial charge in [-0.05, 0) is 60.4 Å². The molecule has 0 radical (unpaired) electrons. The van der Waals surface area contributed by atoms with Gasteiger partial charge >= 0.3 is 0 Å². The molecule has 0 aliphatic carbocycles. The molecule has 3 nitrogen and oxygen atoms in total. The van der Waals surface area contributed by atoms with Gasteiger partial charge in [-0.1, -0.05) is 29.3 Å². The second-order valence-electron chi connectivity index (χ2n) is 4.88. The quantitative estimate of drug-likeness (QED) is 0.644. The predicted octanol–water partition coefficient (Wildman–Crippen LogP) is 4.06. The van der Waals surface area contributed by atoms with Crippen molar-refractivity contribution in [2.75, 3.05) is 7.11 Å². The number of nitrogens with one attached hydrogen (secondary N) is 1. The van der Waals surface area contributed by atoms with Gasteiger partial charge in [0.25, 0.3) is 0 Å². The van der Waals surface area contributed by atoms with Crippen LogP contribution in [0.5, 0.6) is 5.75 Å². The Kier molecular flexibility index (Phi) is 5.48. The molecule has 0 heterocycles. The molecule has 21 heavy (non-hydrogen) atoms. The number of rotatable bonds is 5. The molecule has 2 aromatic rings. The first-order chi connectivity index (χ1) is 10.0. The number of halogens is 2. The van der Waals surface area contributed by atoms with Gasteiger partial charge in [-0.25, -0.2) is 0 Å². The summed E-state index contributed by atoms with van der Waals surface area (Å²) in [5.41, 5.74) is 6.03. The highest BCUT2D eigenvalue weighted by atomic mass is 35.5. The standard InChI is InChI=1S/C16H18Cl2N2O/c1-10-3-4-13(18)9-14(10)15(20-19)8-11-7-12(17)5-6-16(11)21-2/h3-7,9,15,20H,8,19H2,1-2H3. The van der Waals surface area contributed by atoms with Crippen molar-refractivity contribution in [3.63, 3.8) is 0 Å². The van der Waals surface area contributed by atoms with E-state index in [1.807, 2.05) is 37.3 Å². The first-order valence-corrected chi connectivity index (χ1v) is 7.35. The largest absolute Gasteiger partial charge is 0.496 e. The van der Waals surface area contributed by atoms with Gasteiger partial charge in [0.15, 0.2) is 0 Å². The summed E-state index contributed by atoms with van der Waals surface area (Å²) in [4.78, 5) is 0. The minimum atomic E-state index is -0.0731. The van der Waals surface area contributed by atoms with Gasteiger partial charge in [-0.15, -0.1) is 0 Å². The maximum absolute atomic E-state index is 6.09. The smallest absolute Gasteiger partial charge is 0.122 e. The molecule has 0 aliphatic rings. The SMILES string of the molecule is COc1ccc(Cl)cc1CC(NN)c1cc(Cl)ccc1C. The van der Waals surface area contributed by atoms with E-state index in [9.17, 15) is 0 Å². The Hall–Kier alpha value is -1.26. The van der Waals surface area contributed by atoms with E-state index in [0.717, 1.165) is 22.4 Å². The predicted molar refractivity (Wildman–Crippen MR) is 88.0 cm³/mol. The first-order valence-electron chi connectivity index (χ1n) is 6.59. The van der Waals surface area contributed by atoms with Crippen LogP contribution in [0.1, 0.15) is 22.7 Å². The Morgan fingerprint density at radius 2 is 1.81 bits per heavy atom. The molecule has 0 aliphatic heterocycles. The minimum absolute atomic E-state index is 0.0731. The van der Waals surface area contributed by atoms with Gasteiger partial charge in [0, 0.05) is 10.0 Å². The fraction of sp³-hybridized carbons (Fsp3) is 0.250. The molecule has 0 aromatic heterocycles. The third-order valence-corrected chi connectivity index (χ3v) is 3.95. The lowest BCUT2D eigenvalue weighted by Crippen LogP contribution is -2.30. The highest BCUT2D eigenvalue weighted by Gasteiger charge is 2.16. The first kappa shape index (κ1) is 16.1. The molecule has 3 N–H and O–H groups in total. The van der Waals surface area contributed by atoms with E-state index in [0.29, 0.717) is 16.5 Å². The molecule has 1 atom stereocenters. The molecular weight excluding hydrogens is 307 g/mol. The summed E-state index contributed by atoms with van der Waals surface area (Å²) in [5.74, 6) is 6.53. The Bertz CT molecular complexity index is 632. The van der Waals surface area contributed by atoms with Crippen LogP contribution in [-0.2, 0) is 6.42 Å². The maximum Gasteiger partial charge on any atom is 0.122 e. The summed E-state index contributed by atoms with van der Waals surface area (Å²) in [6.45, 7) is 2.03. The summed E-state index contributed by atoms with van der Waals surface area (Å²) in [6, 6.07) is 11.3. The minimum Gasteiger partial charge on any atom is -0.496 e. The number of ether oxygens (including phenoxy) is 1. The molecule has 112 valence electrons. The fourth-order valence-electron chi connectivity index (χ4n) is 2.37. The van der Waals surface area contributed by atoms with E-state index in [4.69, 9.17) is 33.8 Å². The van der Waals surface area contributed by atoms with Gasteiger partial charge in [0.1, 0.15) is 5.75 Å². The summed E-state index contributed by atoms with van der Waals surface area (Å²) < 4.78 is 5.38. The van der Waals surface area contributed by atoms with Crippen molar-refractivity contribution in [2.45, 2.75) is 19.4 Å². The monoisotopic (exact) mass is 324 g/mol. The van der Waals surface area contributed by atoms with Crippen LogP contribution in [0.3, 0.4) is 0 Å². The Morgan fingerprint density at radius 1 is 1.14 bits per heavy atom. The molecule has 0 fully saturated rings. The summed E-state index contributed by atoms with van der Waals surface area (Å²) >= 11 is 12.2. The normalized spacial score (nSPS) is 12.2. The second-order valence-corrected chi connectivity index (χ2v) is 5.75. The Morgan fingerprint density at radius 3 is 2.48 bits per heavy atom. The van der Waals surface area contributed by atoms with Crippen LogP contribution in [0.2, 0.25) is 10.0 Å². The van der Waals surface area contributed by atoms with Gasteiger partial charge in [-0.3, -0.25) is 11.3 Å². The number of aryl methyl sites for hydroxylation is 1. The van der Waals surface area contributed by atoms with Crippen molar-refractivity contribution >= 4 is 23.2 Å². The van der Waals surface area contributed by atoms with E-state index in [2.05, 4.69) is 5.43 Å². The molecule has 0 amide bonds. The average molecular weight is 325 g/mol. The van der Waals surface area contributed by atoms with E-state index in [1.165, 1.54) is 0 Å². The molecule has 0 saturated carbocycles. The van der Waals surface area contributed by atoms with Crippen molar-refractivity contribution in [3.8, 4) is 5.75 Å². The van der Waals surface area contributed by atoms with Crippen LogP contribution < -0.4 is 16.0 Å². The topological polar surface area (TPSA) is 47.3 Å². The van der Waals surface area contributed by atoms with Crippen LogP contribution in [0, 0.1) is 6.92 Å². The van der Waals surface area contributed by atoms with Crippen LogP contribution >= 0.6 is 23.2 Å². The number of methoxy groups -OCH3 is 1. The highest BCUT2D eigenvalue weighted by Crippen LogP contribution is 2.29. The van der Waals surface area contributed by atoms with Crippen LogP contribution in [0.25, 0.3) is 0 Å². The molecule has 1 unspecified atom stereocenters. The fourth-order valence-corrected chi connectivity index (χ4v) is 2.75. The lowest BCUT2D eigenvalue weighted by Gasteiger charge is -2.20. The third-order valence-electron chi connectivity index (χ3n) is 3.48. The van der Waals surface area contributed by atoms with Gasteiger partial charge in [0.2, 0.25) is 0 Å². The molecule has 0 bridgehead atoms. The maximum atomic E-state index is 6.09. The van der Waals surface area contributed by atoms with Crippen LogP contribution in [0.4, 0.5) is 0 Å². The summed E-state index contributed by atoms with van der Waals surface area (Å²) in [5, 5.41) is 1.36. The zero-order chi connectivity index (χ0) is 15.4. The van der Waals surface area contributed by atoms with Crippen molar-refractivity contribution in [2.24, 2.45) is 5.84 Å². The number of hydrazine groups is 1. The van der Waals surface area contributed by atoms with E-state index >= 15 is 0 Å². The van der Waals surface area contributed by atoms with Crippen molar-refractivity contribution in [3.05, 3.63) is 63.1 Å². The number of nitrogens with two attached hydrogens (primary N) is 1. The van der Waals surface area contributed by atoms with E-state index in [1.54, 1.807) is 13.2 Å². The van der Waals surface area contributed by atoms with E-state index in [-0.39, 0.29) is 6.04 Å². The van der Waals surface area contributed by atoms with Gasteiger partial charge < -0.3 is 4.74 Å². The molecule has 5 heteroatoms. The summed E-state index contributed by atoms with van der Waals surface area (Å²) in [6.07, 6.45) is 0.654. The zero-order valence-electron chi connectivity index (χ0n) is 12.0. The van der Waals surface area contributed by atoms with Crippen LogP contribution in [0.15, 0.2) is 36.4 Å². The molecule has 2 aromatic carbocycles. The highest BCUT2D eigenvalue weighted by molar-refractivity contribution is 6.31. The van der Waals surface area contributed by atoms with E-state index < -0.39 is 0 Å². The molecule has 2 rings (SSSR count). The molecule has 0 spiro atoms.